The molecule has 6 heterocycles. The Labute approximate surface area is 930 Å². The van der Waals surface area contributed by atoms with Crippen LogP contribution < -0.4 is 65.5 Å². The number of hydrogen-bond donors (Lipinski definition) is 5. The van der Waals surface area contributed by atoms with E-state index < -0.39 is 103 Å². The number of aliphatic hydroxyl groups excluding tert-OH is 1. The number of nitrogens with two attached hydrogens (primary N) is 1. The summed E-state index contributed by atoms with van der Waals surface area (Å²) in [4.78, 5) is 173. The van der Waals surface area contributed by atoms with E-state index in [9.17, 15) is 93.8 Å². The quantitative estimate of drug-likeness (QED) is 0.0189. The van der Waals surface area contributed by atoms with Crippen molar-refractivity contribution < 1.29 is 166 Å². The summed E-state index contributed by atoms with van der Waals surface area (Å²) >= 11 is 0. The van der Waals surface area contributed by atoms with E-state index in [1.807, 2.05) is 158 Å². The van der Waals surface area contributed by atoms with Gasteiger partial charge in [-0.15, -0.1) is 0 Å². The molecule has 6 amide bonds. The summed E-state index contributed by atoms with van der Waals surface area (Å²) in [6.45, 7) is 5.27. The van der Waals surface area contributed by atoms with Crippen LogP contribution in [-0.2, 0) is 129 Å². The van der Waals surface area contributed by atoms with E-state index in [0.29, 0.717) is 146 Å². The molecule has 6 aliphatic heterocycles. The van der Waals surface area contributed by atoms with Gasteiger partial charge in [-0.25, -0.2) is 19.4 Å². The molecule has 0 saturated carbocycles. The van der Waals surface area contributed by atoms with Crippen molar-refractivity contribution in [3.05, 3.63) is 197 Å². The number of aliphatic hydroxyl groups is 1. The molecule has 3 fully saturated rings. The number of nitrogens with zero attached hydrogens (tertiary/aromatic N) is 3. The molecule has 47 heteroatoms. The molecular formula is C98H140BF6N7NaO23S9. The number of aryl methyl sites for hydroxylation is 3. The summed E-state index contributed by atoms with van der Waals surface area (Å²) in [6.07, 6.45) is -1.50. The molecule has 30 nitrogen and oxygen atoms in total. The Bertz CT molecular complexity index is 4780. The Kier molecular flexibility index (Phi) is 77.6. The molecular weight excluding hydrogens is 2080 g/mol. The Morgan fingerprint density at radius 2 is 0.731 bits per heavy atom. The number of ketones is 3. The predicted octanol–water partition coefficient (Wildman–Crippen LogP) is 8.08. The van der Waals surface area contributed by atoms with Crippen LogP contribution in [0.25, 0.3) is 0 Å². The number of carbonyl (C=O) groups excluding carboxylic acids is 13. The van der Waals surface area contributed by atoms with Crippen LogP contribution in [0.5, 0.6) is 17.2 Å². The van der Waals surface area contributed by atoms with Gasteiger partial charge in [0.2, 0.25) is 41.4 Å². The van der Waals surface area contributed by atoms with Crippen molar-refractivity contribution >= 4 is 206 Å². The van der Waals surface area contributed by atoms with Crippen LogP contribution in [0.1, 0.15) is 150 Å². The number of nitrogens with one attached hydrogen (secondary N) is 3. The first-order valence-electron chi connectivity index (χ1n) is 45.2. The number of amides is 6. The summed E-state index contributed by atoms with van der Waals surface area (Å²) in [5.74, 6) is -3.46. The second-order valence-corrected chi connectivity index (χ2v) is 33.0. The first-order valence-corrected chi connectivity index (χ1v) is 45.2. The minimum Gasteiger partial charge on any atom is -0.793 e. The van der Waals surface area contributed by atoms with Gasteiger partial charge in [-0.3, -0.25) is 47.9 Å². The summed E-state index contributed by atoms with van der Waals surface area (Å²) in [7, 11) is 4.32. The third kappa shape index (κ3) is 56.6. The molecule has 6 aliphatic rings. The summed E-state index contributed by atoms with van der Waals surface area (Å²) in [5, 5.41) is 18.3. The molecule has 145 heavy (non-hydrogen) atoms. The fourth-order valence-electron chi connectivity index (χ4n) is 15.6. The normalized spacial score (nSPS) is 20.0. The third-order valence-corrected chi connectivity index (χ3v) is 22.4. The standard InChI is InChI=1S/C32H39F3N2O5.C29H36N2O6.C29H34N2O6.C4H6O4.C2H3BO2.C2H4F3N.Na.9H2S/c33-32(34,35)15-5-10-26-22-41-17-18-42-27-11-4-9-24(19-27)20-28(37-16-6-12-30(37)39)29(38)21-25(31(40)36-26)14-13-23-7-2-1-3-8-23;2*32-19-24-20-36-14-15-37-25-9-4-8-22(16-25)17-26(31-13-5-10-28(31)34)27(33)18-23(29(35)30-24)12-11-21-6-2-1-3-7-21;1-3(5)7-8-4(2)6;1-2(4)5-3;3-2(4,5)1-6;;;;;;;;;;/h1-4,7-9,11,19,25-26,28H,5-6,10,12-18,20-22H2,(H,36,40);1-4,6-9,16,23-24,26,32H,5,10-15,17-20H2,(H,30,35);1-4,6-9,16,19,23-24,26H,5,10-15,17-18,20H2,(H,30,35);1-2H3;1H3;1,6H2;;9*1H2/q;;;;-1;;+1;;;;;;;;;/t25-,26-,28+;2*23-,24-,26+;;;;;;;;;;;;;/m111............./s1. The average molecular weight is 2220 g/mol. The van der Waals surface area contributed by atoms with Crippen molar-refractivity contribution in [3.63, 3.8) is 0 Å². The number of alkyl halides is 6. The number of Topliss-reactive ketones (excluding diaryl/α,β-unsaturated/α-hetero) is 3. The van der Waals surface area contributed by atoms with Gasteiger partial charge in [0.05, 0.1) is 83.0 Å². The minimum absolute atomic E-state index is 0. The van der Waals surface area contributed by atoms with Crippen molar-refractivity contribution in [2.75, 3.05) is 92.2 Å². The van der Waals surface area contributed by atoms with Gasteiger partial charge >= 0.3 is 53.8 Å². The summed E-state index contributed by atoms with van der Waals surface area (Å²) < 4.78 is 108. The molecule has 3 radical (unpaired) electrons. The maximum Gasteiger partial charge on any atom is 1.00 e. The van der Waals surface area contributed by atoms with Gasteiger partial charge in [0, 0.05) is 122 Å². The third-order valence-electron chi connectivity index (χ3n) is 22.4. The summed E-state index contributed by atoms with van der Waals surface area (Å²) in [5.41, 5.74) is 9.96. The molecule has 6 aromatic rings. The van der Waals surface area contributed by atoms with E-state index in [-0.39, 0.29) is 283 Å². The maximum atomic E-state index is 13.9. The molecule has 12 rings (SSSR count). The fourth-order valence-corrected chi connectivity index (χ4v) is 15.6. The smallest absolute Gasteiger partial charge is 0.793 e. The van der Waals surface area contributed by atoms with Crippen LogP contribution in [-0.4, -0.2) is 246 Å². The molecule has 0 spiro atoms. The number of aldehydes is 1. The van der Waals surface area contributed by atoms with E-state index in [1.165, 1.54) is 6.92 Å². The SMILES string of the molecule is CC(=O)OOC(C)=O.NCC(F)(F)F.O=C1N[C@H](CCCC(F)(F)F)COCCOc2cccc(c2)C[C@H](N2CCCC2=O)C(=O)C[C@H]1CCc1ccccc1.O=C1N[C@H](CO)COCCOc2cccc(c2)C[C@H](N2CCCC2=O)C(=O)C[C@H]1CCc1ccccc1.O=C[C@@H]1COCCOc2cccc(c2)C[C@H](N2CCCC2=O)C(=O)C[C@@H](CCc2ccccc2)C(=O)N1.S.S.S.S.S.S.S.S.S.[B-]OC(C)=O.[Na+]. The van der Waals surface area contributed by atoms with E-state index in [4.69, 9.17) is 28.4 Å². The van der Waals surface area contributed by atoms with Crippen LogP contribution in [0.15, 0.2) is 164 Å². The van der Waals surface area contributed by atoms with Crippen LogP contribution in [0.3, 0.4) is 0 Å². The number of carbonyl (C=O) groups is 13. The monoisotopic (exact) mass is 2220 g/mol. The van der Waals surface area contributed by atoms with Gasteiger partial charge in [-0.05, 0) is 140 Å². The number of benzene rings is 6. The number of likely N-dealkylation sites (tertiary alicyclic amines) is 3. The number of fused-ring (bicyclic) bond motifs is 6. The molecule has 6 bridgehead atoms. The van der Waals surface area contributed by atoms with Crippen molar-refractivity contribution in [3.8, 4) is 17.2 Å². The number of hydrogen-bond acceptors (Lipinski definition) is 24. The van der Waals surface area contributed by atoms with Crippen LogP contribution in [0.4, 0.5) is 26.3 Å². The van der Waals surface area contributed by atoms with Gasteiger partial charge in [0.1, 0.15) is 49.4 Å². The molecule has 6 N–H and O–H groups in total. The molecule has 6 aromatic carbocycles. The average Bonchev–Trinajstić information content (AvgIpc) is 1.60. The van der Waals surface area contributed by atoms with Crippen molar-refractivity contribution in [1.82, 2.24) is 30.7 Å². The Balaban J connectivity index is -0.000000912. The largest absolute Gasteiger partial charge is 1.00 e. The van der Waals surface area contributed by atoms with Crippen LogP contribution in [0.2, 0.25) is 0 Å². The predicted molar refractivity (Wildman–Crippen MR) is 576 cm³/mol. The second-order valence-electron chi connectivity index (χ2n) is 33.0. The minimum atomic E-state index is -4.29. The van der Waals surface area contributed by atoms with Gasteiger partial charge in [-0.1, -0.05) is 127 Å². The van der Waals surface area contributed by atoms with E-state index in [0.717, 1.165) is 53.6 Å². The number of ether oxygens (including phenoxy) is 6. The zero-order valence-corrected chi connectivity index (χ0v) is 92.8. The van der Waals surface area contributed by atoms with Gasteiger partial charge < -0.3 is 87.4 Å². The Morgan fingerprint density at radius 3 is 1.01 bits per heavy atom. The second kappa shape index (κ2) is 78.4. The summed E-state index contributed by atoms with van der Waals surface area (Å²) in [6, 6.07) is 47.5. The van der Waals surface area contributed by atoms with E-state index in [2.05, 4.69) is 44.2 Å². The van der Waals surface area contributed by atoms with Crippen molar-refractivity contribution in [2.24, 2.45) is 23.5 Å². The molecule has 3 saturated heterocycles. The molecule has 0 aromatic heterocycles. The zero-order valence-electron chi connectivity index (χ0n) is 81.8. The number of halogens is 6. The van der Waals surface area contributed by atoms with Crippen molar-refractivity contribution in [2.45, 2.75) is 204 Å². The molecule has 805 valence electrons. The Morgan fingerprint density at radius 1 is 0.428 bits per heavy atom. The van der Waals surface area contributed by atoms with Crippen LogP contribution >= 0.6 is 121 Å². The van der Waals surface area contributed by atoms with E-state index in [1.54, 1.807) is 20.8 Å². The molecule has 0 aliphatic carbocycles. The number of rotatable bonds is 17. The fraction of sp³-hybridized carbons (Fsp3) is 0.500. The zero-order chi connectivity index (χ0) is 98.1. The molecule has 0 unspecified atom stereocenters. The first kappa shape index (κ1) is 143. The maximum absolute atomic E-state index is 13.9. The van der Waals surface area contributed by atoms with Crippen LogP contribution in [0, 0.1) is 17.8 Å². The van der Waals surface area contributed by atoms with E-state index >= 15 is 0 Å². The van der Waals surface area contributed by atoms with Gasteiger partial charge in [-0.2, -0.15) is 148 Å². The molecule has 9 atom stereocenters. The van der Waals surface area contributed by atoms with Gasteiger partial charge in [0.15, 0.2) is 17.3 Å². The van der Waals surface area contributed by atoms with Crippen molar-refractivity contribution in [1.29, 1.82) is 0 Å². The Hall–Kier alpha value is -7.78. The topological polar surface area (TPSA) is 397 Å². The first-order chi connectivity index (χ1) is 64.7. The van der Waals surface area contributed by atoms with Gasteiger partial charge in [0.25, 0.3) is 0 Å².